The maximum Gasteiger partial charge on any atom is 0.156 e. The molecule has 3 aliphatic carbocycles. The van der Waals surface area contributed by atoms with Crippen LogP contribution in [0.15, 0.2) is 182 Å². The maximum absolute atomic E-state index is 5.45. The highest BCUT2D eigenvalue weighted by atomic mass is 14.9. The Labute approximate surface area is 328 Å². The number of fused-ring (bicyclic) bond motifs is 10. The predicted octanol–water partition coefficient (Wildman–Crippen LogP) is 13.4. The Kier molecular flexibility index (Phi) is 7.28. The minimum atomic E-state index is -0.514. The molecule has 1 aromatic heterocycles. The van der Waals surface area contributed by atoms with Crippen molar-refractivity contribution >= 4 is 16.3 Å². The Hall–Kier alpha value is -6.64. The van der Waals surface area contributed by atoms with Crippen molar-refractivity contribution in [1.82, 2.24) is 9.97 Å². The molecule has 0 amide bonds. The SMILES string of the molecule is CC1(C)c2ccccc2C2(c3ccc(-c4ccc5ccccc5c4)cc3-c3c(-c4cc(-c5ccccc5)nc(C5=CC=CCC5)n4)cccc32)c2ccccc21. The van der Waals surface area contributed by atoms with E-state index in [0.717, 1.165) is 41.2 Å². The van der Waals surface area contributed by atoms with Crippen LogP contribution in [0.4, 0.5) is 0 Å². The Balaban J connectivity index is 1.24. The number of rotatable bonds is 4. The van der Waals surface area contributed by atoms with E-state index in [1.165, 1.54) is 72.0 Å². The first-order chi connectivity index (χ1) is 27.5. The van der Waals surface area contributed by atoms with E-state index in [0.29, 0.717) is 0 Å². The molecule has 0 radical (unpaired) electrons. The minimum absolute atomic E-state index is 0.168. The molecular formula is C54H40N2. The van der Waals surface area contributed by atoms with Gasteiger partial charge in [-0.1, -0.05) is 178 Å². The zero-order chi connectivity index (χ0) is 37.4. The van der Waals surface area contributed by atoms with Gasteiger partial charge in [-0.15, -0.1) is 0 Å². The molecule has 0 atom stereocenters. The molecule has 7 aromatic carbocycles. The third kappa shape index (κ3) is 4.75. The lowest BCUT2D eigenvalue weighted by Crippen LogP contribution is -2.40. The molecule has 8 aromatic rings. The van der Waals surface area contributed by atoms with Crippen LogP contribution in [-0.4, -0.2) is 9.97 Å². The van der Waals surface area contributed by atoms with Crippen LogP contribution in [0.5, 0.6) is 0 Å². The molecule has 0 fully saturated rings. The average molecular weight is 717 g/mol. The Bertz CT molecular complexity index is 2900. The van der Waals surface area contributed by atoms with Crippen molar-refractivity contribution in [2.45, 2.75) is 37.5 Å². The quantitative estimate of drug-likeness (QED) is 0.181. The summed E-state index contributed by atoms with van der Waals surface area (Å²) in [6, 6.07) is 60.7. The van der Waals surface area contributed by atoms with Crippen LogP contribution < -0.4 is 0 Å². The first kappa shape index (κ1) is 32.8. The standard InChI is InChI=1S/C54H40N2/c1-53(2)44-23-11-13-25-46(44)54(47-26-14-12-24-45(47)53)43-31-30-40(39-29-28-35-16-9-10-21-38(35)32-39)33-42(43)51-41(22-15-27-48(51)54)50-34-49(36-17-5-3-6-18-36)55-52(56-50)37-19-7-4-8-20-37/h3-7,9-19,21-34H,8,20H2,1-2H3. The van der Waals surface area contributed by atoms with Gasteiger partial charge < -0.3 is 0 Å². The summed E-state index contributed by atoms with van der Waals surface area (Å²) in [6.07, 6.45) is 8.46. The van der Waals surface area contributed by atoms with Crippen LogP contribution >= 0.6 is 0 Å². The smallest absolute Gasteiger partial charge is 0.156 e. The van der Waals surface area contributed by atoms with Crippen LogP contribution in [0.1, 0.15) is 65.9 Å². The molecule has 11 rings (SSSR count). The van der Waals surface area contributed by atoms with E-state index in [-0.39, 0.29) is 5.41 Å². The minimum Gasteiger partial charge on any atom is -0.228 e. The molecule has 0 aliphatic heterocycles. The van der Waals surface area contributed by atoms with E-state index in [4.69, 9.17) is 9.97 Å². The van der Waals surface area contributed by atoms with Crippen molar-refractivity contribution in [2.24, 2.45) is 0 Å². The van der Waals surface area contributed by atoms with Crippen LogP contribution in [0.2, 0.25) is 0 Å². The van der Waals surface area contributed by atoms with Crippen molar-refractivity contribution in [1.29, 1.82) is 0 Å². The van der Waals surface area contributed by atoms with Gasteiger partial charge in [0.1, 0.15) is 0 Å². The van der Waals surface area contributed by atoms with E-state index in [2.05, 4.69) is 196 Å². The molecule has 0 saturated carbocycles. The van der Waals surface area contributed by atoms with Gasteiger partial charge in [0.2, 0.25) is 0 Å². The van der Waals surface area contributed by atoms with E-state index in [1.54, 1.807) is 0 Å². The Morgan fingerprint density at radius 3 is 1.86 bits per heavy atom. The maximum atomic E-state index is 5.45. The number of hydrogen-bond donors (Lipinski definition) is 0. The van der Waals surface area contributed by atoms with Gasteiger partial charge in [0.25, 0.3) is 0 Å². The van der Waals surface area contributed by atoms with Gasteiger partial charge in [-0.25, -0.2) is 9.97 Å². The van der Waals surface area contributed by atoms with E-state index in [1.807, 2.05) is 0 Å². The molecule has 56 heavy (non-hydrogen) atoms. The third-order valence-corrected chi connectivity index (χ3v) is 12.6. The lowest BCUT2D eigenvalue weighted by Gasteiger charge is -2.46. The summed E-state index contributed by atoms with van der Waals surface area (Å²) < 4.78 is 0. The average Bonchev–Trinajstić information content (AvgIpc) is 3.56. The molecule has 266 valence electrons. The fraction of sp³-hybridized carbons (Fsp3) is 0.111. The number of nitrogens with zero attached hydrogens (tertiary/aromatic N) is 2. The molecular weight excluding hydrogens is 677 g/mol. The van der Waals surface area contributed by atoms with Crippen LogP contribution in [-0.2, 0) is 10.8 Å². The van der Waals surface area contributed by atoms with Gasteiger partial charge >= 0.3 is 0 Å². The highest BCUT2D eigenvalue weighted by Crippen LogP contribution is 2.63. The molecule has 0 N–H and O–H groups in total. The zero-order valence-electron chi connectivity index (χ0n) is 31.6. The van der Waals surface area contributed by atoms with Crippen molar-refractivity contribution in [3.8, 4) is 44.8 Å². The first-order valence-electron chi connectivity index (χ1n) is 19.8. The molecule has 0 bridgehead atoms. The van der Waals surface area contributed by atoms with Gasteiger partial charge in [-0.05, 0) is 103 Å². The predicted molar refractivity (Wildman–Crippen MR) is 232 cm³/mol. The normalized spacial score (nSPS) is 15.5. The van der Waals surface area contributed by atoms with Gasteiger partial charge in [-0.2, -0.15) is 0 Å². The van der Waals surface area contributed by atoms with Gasteiger partial charge in [-0.3, -0.25) is 0 Å². The Morgan fingerprint density at radius 1 is 0.464 bits per heavy atom. The summed E-state index contributed by atoms with van der Waals surface area (Å²) in [6.45, 7) is 4.77. The topological polar surface area (TPSA) is 25.8 Å². The third-order valence-electron chi connectivity index (χ3n) is 12.6. The van der Waals surface area contributed by atoms with E-state index < -0.39 is 5.41 Å². The van der Waals surface area contributed by atoms with Crippen LogP contribution in [0.3, 0.4) is 0 Å². The second-order valence-corrected chi connectivity index (χ2v) is 16.0. The van der Waals surface area contributed by atoms with Gasteiger partial charge in [0.05, 0.1) is 16.8 Å². The summed E-state index contributed by atoms with van der Waals surface area (Å²) >= 11 is 0. The highest BCUT2D eigenvalue weighted by Gasteiger charge is 2.53. The zero-order valence-corrected chi connectivity index (χ0v) is 31.6. The number of hydrogen-bond acceptors (Lipinski definition) is 2. The molecule has 1 heterocycles. The molecule has 3 aliphatic rings. The fourth-order valence-electron chi connectivity index (χ4n) is 10.00. The van der Waals surface area contributed by atoms with E-state index in [9.17, 15) is 0 Å². The number of aromatic nitrogens is 2. The summed E-state index contributed by atoms with van der Waals surface area (Å²) in [5.74, 6) is 0.802. The number of allylic oxidation sites excluding steroid dienone is 4. The highest BCUT2D eigenvalue weighted by molar-refractivity contribution is 5.98. The lowest BCUT2D eigenvalue weighted by molar-refractivity contribution is 0.563. The fourth-order valence-corrected chi connectivity index (χ4v) is 10.00. The molecule has 2 nitrogen and oxygen atoms in total. The Morgan fingerprint density at radius 2 is 1.11 bits per heavy atom. The van der Waals surface area contributed by atoms with Crippen LogP contribution in [0.25, 0.3) is 61.1 Å². The molecule has 0 unspecified atom stereocenters. The van der Waals surface area contributed by atoms with E-state index >= 15 is 0 Å². The lowest BCUT2D eigenvalue weighted by atomic mass is 9.55. The molecule has 1 spiro atoms. The summed E-state index contributed by atoms with van der Waals surface area (Å²) in [5.41, 5.74) is 17.6. The van der Waals surface area contributed by atoms with Crippen molar-refractivity contribution in [3.05, 3.63) is 221 Å². The molecule has 2 heteroatoms. The van der Waals surface area contributed by atoms with Crippen LogP contribution in [0, 0.1) is 0 Å². The second-order valence-electron chi connectivity index (χ2n) is 16.0. The van der Waals surface area contributed by atoms with Crippen molar-refractivity contribution in [2.75, 3.05) is 0 Å². The molecule has 0 saturated heterocycles. The first-order valence-corrected chi connectivity index (χ1v) is 19.8. The number of benzene rings is 7. The van der Waals surface area contributed by atoms with Crippen molar-refractivity contribution < 1.29 is 0 Å². The van der Waals surface area contributed by atoms with Gasteiger partial charge in [0.15, 0.2) is 5.82 Å². The summed E-state index contributed by atoms with van der Waals surface area (Å²) in [5, 5.41) is 2.49. The largest absolute Gasteiger partial charge is 0.228 e. The monoisotopic (exact) mass is 716 g/mol. The van der Waals surface area contributed by atoms with Crippen molar-refractivity contribution in [3.63, 3.8) is 0 Å². The summed E-state index contributed by atoms with van der Waals surface area (Å²) in [4.78, 5) is 10.7. The van der Waals surface area contributed by atoms with Gasteiger partial charge in [0, 0.05) is 16.5 Å². The summed E-state index contributed by atoms with van der Waals surface area (Å²) in [7, 11) is 0. The second kappa shape index (κ2) is 12.4.